The second-order valence-electron chi connectivity index (χ2n) is 8.95. The van der Waals surface area contributed by atoms with Crippen LogP contribution in [0.1, 0.15) is 35.2 Å². The summed E-state index contributed by atoms with van der Waals surface area (Å²) < 4.78 is 7.16. The lowest BCUT2D eigenvalue weighted by Gasteiger charge is -2.38. The number of aromatic nitrogens is 2. The molecule has 0 spiro atoms. The van der Waals surface area contributed by atoms with Crippen molar-refractivity contribution in [2.24, 2.45) is 5.73 Å². The number of hydrogen-bond acceptors (Lipinski definition) is 7. The Balaban J connectivity index is 1.66. The van der Waals surface area contributed by atoms with Crippen LogP contribution in [0.15, 0.2) is 66.9 Å². The third-order valence-electron chi connectivity index (χ3n) is 6.82. The second kappa shape index (κ2) is 10.2. The van der Waals surface area contributed by atoms with Gasteiger partial charge in [-0.25, -0.2) is 9.78 Å². The fourth-order valence-electron chi connectivity index (χ4n) is 4.82. The lowest BCUT2D eigenvalue weighted by Crippen LogP contribution is -2.56. The first kappa shape index (κ1) is 25.5. The zero-order valence-electron chi connectivity index (χ0n) is 19.6. The number of carboxylic acids is 1. The number of primary amides is 1. The summed E-state index contributed by atoms with van der Waals surface area (Å²) in [4.78, 5) is 28.9. The number of ether oxygens (including phenoxy) is 1. The number of amides is 1. The van der Waals surface area contributed by atoms with Crippen molar-refractivity contribution < 1.29 is 34.8 Å². The smallest absolute Gasteiger partial charge is 0.335 e. The average molecular weight is 496 g/mol. The van der Waals surface area contributed by atoms with Crippen LogP contribution < -0.4 is 5.73 Å². The molecule has 10 heteroatoms. The number of nitrogens with zero attached hydrogens (tertiary/aromatic N) is 2. The van der Waals surface area contributed by atoms with Crippen molar-refractivity contribution >= 4 is 11.9 Å². The molecule has 1 aliphatic rings. The zero-order chi connectivity index (χ0) is 26.0. The number of nitrogens with two attached hydrogens (primary N) is 1. The summed E-state index contributed by atoms with van der Waals surface area (Å²) in [7, 11) is 0. The highest BCUT2D eigenvalue weighted by molar-refractivity contribution is 5.90. The molecular weight excluding hydrogens is 466 g/mol. The standard InChI is InChI=1S/C26H29N3O7/c1-15-28-18(22-20(31)19(30)21(32)23(36-22)24(33)34)14-29(15)13-12-26(25(27)35,16-8-4-2-5-9-16)17-10-6-3-7-11-17/h2-11,14,19-23,30-32H,12-13H2,1H3,(H2,27,35)(H,33,34)/t19-,20-,21+,22?,23+/m0/s1. The van der Waals surface area contributed by atoms with Gasteiger partial charge in [-0.2, -0.15) is 0 Å². The molecule has 10 nitrogen and oxygen atoms in total. The maximum absolute atomic E-state index is 13.0. The van der Waals surface area contributed by atoms with Gasteiger partial charge in [-0.05, 0) is 24.5 Å². The molecule has 0 aliphatic carbocycles. The van der Waals surface area contributed by atoms with E-state index >= 15 is 0 Å². The first-order valence-corrected chi connectivity index (χ1v) is 11.5. The third kappa shape index (κ3) is 4.51. The molecule has 0 saturated carbocycles. The Hall–Kier alpha value is -3.57. The van der Waals surface area contributed by atoms with Crippen LogP contribution in [-0.4, -0.2) is 66.3 Å². The molecule has 36 heavy (non-hydrogen) atoms. The molecule has 1 saturated heterocycles. The fraction of sp³-hybridized carbons (Fsp3) is 0.346. The van der Waals surface area contributed by atoms with Gasteiger partial charge in [0.25, 0.3) is 0 Å². The second-order valence-corrected chi connectivity index (χ2v) is 8.95. The molecule has 190 valence electrons. The number of rotatable bonds is 8. The molecule has 6 N–H and O–H groups in total. The van der Waals surface area contributed by atoms with Crippen LogP contribution in [0.5, 0.6) is 0 Å². The van der Waals surface area contributed by atoms with Gasteiger partial charge in [0.05, 0.1) is 5.69 Å². The number of aliphatic carboxylic acids is 1. The maximum Gasteiger partial charge on any atom is 0.335 e. The van der Waals surface area contributed by atoms with Gasteiger partial charge in [0.2, 0.25) is 5.91 Å². The monoisotopic (exact) mass is 495 g/mol. The normalized spacial score (nSPS) is 24.4. The highest BCUT2D eigenvalue weighted by Gasteiger charge is 2.48. The maximum atomic E-state index is 13.0. The first-order chi connectivity index (χ1) is 17.2. The van der Waals surface area contributed by atoms with E-state index in [0.29, 0.717) is 18.8 Å². The number of hydrogen-bond donors (Lipinski definition) is 5. The van der Waals surface area contributed by atoms with E-state index in [2.05, 4.69) is 4.98 Å². The first-order valence-electron chi connectivity index (χ1n) is 11.5. The van der Waals surface area contributed by atoms with Crippen LogP contribution in [0.4, 0.5) is 0 Å². The zero-order valence-corrected chi connectivity index (χ0v) is 19.6. The van der Waals surface area contributed by atoms with Crippen molar-refractivity contribution in [1.82, 2.24) is 9.55 Å². The third-order valence-corrected chi connectivity index (χ3v) is 6.82. The molecular formula is C26H29N3O7. The van der Waals surface area contributed by atoms with E-state index in [9.17, 15) is 30.0 Å². The van der Waals surface area contributed by atoms with E-state index in [-0.39, 0.29) is 5.69 Å². The summed E-state index contributed by atoms with van der Waals surface area (Å²) >= 11 is 0. The van der Waals surface area contributed by atoms with Crippen molar-refractivity contribution in [3.8, 4) is 0 Å². The van der Waals surface area contributed by atoms with Gasteiger partial charge in [0.15, 0.2) is 6.10 Å². The highest BCUT2D eigenvalue weighted by atomic mass is 16.6. The topological polar surface area (TPSA) is 168 Å². The Morgan fingerprint density at radius 2 is 1.53 bits per heavy atom. The molecule has 3 aromatic rings. The Labute approximate surface area is 207 Å². The fourth-order valence-corrected chi connectivity index (χ4v) is 4.82. The summed E-state index contributed by atoms with van der Waals surface area (Å²) in [5.41, 5.74) is 6.58. The predicted octanol–water partition coefficient (Wildman–Crippen LogP) is 0.660. The number of aliphatic hydroxyl groups is 3. The van der Waals surface area contributed by atoms with Crippen LogP contribution in [-0.2, 0) is 26.3 Å². The van der Waals surface area contributed by atoms with E-state index in [1.807, 2.05) is 60.7 Å². The van der Waals surface area contributed by atoms with Crippen molar-refractivity contribution in [3.05, 3.63) is 89.5 Å². The molecule has 1 unspecified atom stereocenters. The Morgan fingerprint density at radius 1 is 0.972 bits per heavy atom. The van der Waals surface area contributed by atoms with Crippen molar-refractivity contribution in [2.75, 3.05) is 0 Å². The minimum Gasteiger partial charge on any atom is -0.479 e. The van der Waals surface area contributed by atoms with Gasteiger partial charge in [-0.1, -0.05) is 60.7 Å². The lowest BCUT2D eigenvalue weighted by molar-refractivity contribution is -0.230. The van der Waals surface area contributed by atoms with Gasteiger partial charge < -0.3 is 35.5 Å². The number of imidazole rings is 1. The molecule has 1 fully saturated rings. The number of aliphatic hydroxyl groups excluding tert-OH is 3. The highest BCUT2D eigenvalue weighted by Crippen LogP contribution is 2.37. The summed E-state index contributed by atoms with van der Waals surface area (Å²) in [6, 6.07) is 18.5. The van der Waals surface area contributed by atoms with E-state index in [4.69, 9.17) is 10.5 Å². The van der Waals surface area contributed by atoms with Crippen molar-refractivity contribution in [3.63, 3.8) is 0 Å². The molecule has 2 aromatic carbocycles. The van der Waals surface area contributed by atoms with Gasteiger partial charge in [0.1, 0.15) is 35.7 Å². The average Bonchev–Trinajstić information content (AvgIpc) is 3.24. The molecule has 1 aliphatic heterocycles. The molecule has 1 aromatic heterocycles. The summed E-state index contributed by atoms with van der Waals surface area (Å²) in [6.45, 7) is 2.03. The SMILES string of the molecule is Cc1nc(C2O[C@@H](C(=O)O)[C@H](O)[C@@H](O)[C@@H]2O)cn1CCC(C(N)=O)(c1ccccc1)c1ccccc1. The van der Waals surface area contributed by atoms with Crippen molar-refractivity contribution in [1.29, 1.82) is 0 Å². The Morgan fingerprint density at radius 3 is 2.03 bits per heavy atom. The molecule has 2 heterocycles. The molecule has 1 amide bonds. The summed E-state index contributed by atoms with van der Waals surface area (Å²) in [6.07, 6.45) is -6.23. The van der Waals surface area contributed by atoms with E-state index in [1.54, 1.807) is 17.7 Å². The van der Waals surface area contributed by atoms with Crippen LogP contribution >= 0.6 is 0 Å². The van der Waals surface area contributed by atoms with Gasteiger partial charge in [-0.3, -0.25) is 4.79 Å². The van der Waals surface area contributed by atoms with Crippen molar-refractivity contribution in [2.45, 2.75) is 55.8 Å². The number of carboxylic acid groups (broad SMARTS) is 1. The van der Waals surface area contributed by atoms with Crippen LogP contribution in [0.2, 0.25) is 0 Å². The van der Waals surface area contributed by atoms with Gasteiger partial charge >= 0.3 is 5.97 Å². The van der Waals surface area contributed by atoms with Crippen LogP contribution in [0.3, 0.4) is 0 Å². The van der Waals surface area contributed by atoms with E-state index in [0.717, 1.165) is 11.1 Å². The van der Waals surface area contributed by atoms with Gasteiger partial charge in [0, 0.05) is 12.7 Å². The summed E-state index contributed by atoms with van der Waals surface area (Å²) in [5, 5.41) is 39.9. The molecule has 4 rings (SSSR count). The number of benzene rings is 2. The largest absolute Gasteiger partial charge is 0.479 e. The van der Waals surface area contributed by atoms with Crippen LogP contribution in [0, 0.1) is 6.92 Å². The van der Waals surface area contributed by atoms with E-state index in [1.165, 1.54) is 0 Å². The predicted molar refractivity (Wildman–Crippen MR) is 128 cm³/mol. The molecule has 0 bridgehead atoms. The number of carbonyl (C=O) groups excluding carboxylic acids is 1. The number of carbonyl (C=O) groups is 2. The minimum absolute atomic E-state index is 0.196. The Bertz CT molecular complexity index is 1180. The van der Waals surface area contributed by atoms with Gasteiger partial charge in [-0.15, -0.1) is 0 Å². The van der Waals surface area contributed by atoms with E-state index < -0.39 is 47.8 Å². The quantitative estimate of drug-likeness (QED) is 0.304. The molecule has 5 atom stereocenters. The Kier molecular flexibility index (Phi) is 7.23. The van der Waals surface area contributed by atoms with Crippen LogP contribution in [0.25, 0.3) is 0 Å². The number of aryl methyl sites for hydroxylation is 2. The lowest BCUT2D eigenvalue weighted by atomic mass is 9.71. The minimum atomic E-state index is -1.79. The summed E-state index contributed by atoms with van der Waals surface area (Å²) in [5.74, 6) is -1.45. The molecule has 0 radical (unpaired) electrons.